The molecule has 4 heteroatoms. The zero-order valence-corrected chi connectivity index (χ0v) is 8.26. The molecule has 1 N–H and O–H groups in total. The van der Waals surface area contributed by atoms with Crippen molar-refractivity contribution < 1.29 is 0 Å². The SMILES string of the molecule is c1cnc(SCCNC2CC2)cn1. The summed E-state index contributed by atoms with van der Waals surface area (Å²) < 4.78 is 0. The first-order valence-corrected chi connectivity index (χ1v) is 5.56. The van der Waals surface area contributed by atoms with Crippen LogP contribution in [0.1, 0.15) is 12.8 Å². The number of hydrogen-bond acceptors (Lipinski definition) is 4. The Morgan fingerprint density at radius 2 is 2.38 bits per heavy atom. The number of rotatable bonds is 5. The molecule has 1 aliphatic carbocycles. The Kier molecular flexibility index (Phi) is 3.16. The van der Waals surface area contributed by atoms with Gasteiger partial charge in [-0.1, -0.05) is 0 Å². The smallest absolute Gasteiger partial charge is 0.114 e. The standard InChI is InChI=1S/C9H13N3S/c1-2-8(1)11-5-6-13-9-7-10-3-4-12-9/h3-4,7-8,11H,1-2,5-6H2. The van der Waals surface area contributed by atoms with Crippen LogP contribution in [0.15, 0.2) is 23.6 Å². The summed E-state index contributed by atoms with van der Waals surface area (Å²) >= 11 is 1.75. The Hall–Kier alpha value is -0.610. The first kappa shape index (κ1) is 8.97. The molecule has 0 radical (unpaired) electrons. The van der Waals surface area contributed by atoms with E-state index in [1.807, 2.05) is 6.20 Å². The minimum atomic E-state index is 0.808. The third kappa shape index (κ3) is 3.32. The van der Waals surface area contributed by atoms with E-state index >= 15 is 0 Å². The third-order valence-electron chi connectivity index (χ3n) is 1.90. The van der Waals surface area contributed by atoms with E-state index < -0.39 is 0 Å². The Bertz CT molecular complexity index is 248. The van der Waals surface area contributed by atoms with Gasteiger partial charge in [-0.05, 0) is 12.8 Å². The van der Waals surface area contributed by atoms with E-state index in [4.69, 9.17) is 0 Å². The third-order valence-corrected chi connectivity index (χ3v) is 2.82. The molecule has 1 aromatic heterocycles. The topological polar surface area (TPSA) is 37.8 Å². The summed E-state index contributed by atoms with van der Waals surface area (Å²) in [4.78, 5) is 8.19. The highest BCUT2D eigenvalue weighted by atomic mass is 32.2. The number of nitrogens with zero attached hydrogens (tertiary/aromatic N) is 2. The van der Waals surface area contributed by atoms with Crippen molar-refractivity contribution in [2.24, 2.45) is 0 Å². The van der Waals surface area contributed by atoms with Crippen molar-refractivity contribution >= 4 is 11.8 Å². The summed E-state index contributed by atoms with van der Waals surface area (Å²) in [6, 6.07) is 0.808. The Morgan fingerprint density at radius 1 is 1.46 bits per heavy atom. The van der Waals surface area contributed by atoms with E-state index in [1.165, 1.54) is 12.8 Å². The molecule has 0 bridgehead atoms. The van der Waals surface area contributed by atoms with Crippen LogP contribution in [0.4, 0.5) is 0 Å². The highest BCUT2D eigenvalue weighted by Crippen LogP contribution is 2.19. The zero-order valence-electron chi connectivity index (χ0n) is 7.44. The molecule has 0 aromatic carbocycles. The predicted octanol–water partition coefficient (Wildman–Crippen LogP) is 1.32. The monoisotopic (exact) mass is 195 g/mol. The molecule has 0 amide bonds. The second-order valence-corrected chi connectivity index (χ2v) is 4.24. The maximum Gasteiger partial charge on any atom is 0.114 e. The summed E-state index contributed by atoms with van der Waals surface area (Å²) in [5.74, 6) is 1.08. The maximum absolute atomic E-state index is 4.18. The van der Waals surface area contributed by atoms with Crippen molar-refractivity contribution in [1.29, 1.82) is 0 Å². The molecular formula is C9H13N3S. The van der Waals surface area contributed by atoms with Crippen molar-refractivity contribution in [1.82, 2.24) is 15.3 Å². The molecule has 2 rings (SSSR count). The van der Waals surface area contributed by atoms with Crippen LogP contribution >= 0.6 is 11.8 Å². The van der Waals surface area contributed by atoms with Crippen molar-refractivity contribution in [2.75, 3.05) is 12.3 Å². The highest BCUT2D eigenvalue weighted by molar-refractivity contribution is 7.99. The van der Waals surface area contributed by atoms with Gasteiger partial charge in [0, 0.05) is 30.7 Å². The Balaban J connectivity index is 1.61. The normalized spacial score (nSPS) is 16.0. The lowest BCUT2D eigenvalue weighted by Crippen LogP contribution is -2.19. The lowest BCUT2D eigenvalue weighted by molar-refractivity contribution is 0.726. The van der Waals surface area contributed by atoms with Crippen LogP contribution in [0.25, 0.3) is 0 Å². The van der Waals surface area contributed by atoms with Gasteiger partial charge in [0.25, 0.3) is 0 Å². The van der Waals surface area contributed by atoms with Crippen molar-refractivity contribution in [3.63, 3.8) is 0 Å². The molecule has 3 nitrogen and oxygen atoms in total. The minimum Gasteiger partial charge on any atom is -0.313 e. The quantitative estimate of drug-likeness (QED) is 0.568. The fourth-order valence-electron chi connectivity index (χ4n) is 1.07. The lowest BCUT2D eigenvalue weighted by Gasteiger charge is -2.01. The fraction of sp³-hybridized carbons (Fsp3) is 0.556. The number of aromatic nitrogens is 2. The van der Waals surface area contributed by atoms with Crippen LogP contribution < -0.4 is 5.32 Å². The predicted molar refractivity (Wildman–Crippen MR) is 53.8 cm³/mol. The van der Waals surface area contributed by atoms with Gasteiger partial charge in [-0.25, -0.2) is 4.98 Å². The second-order valence-electron chi connectivity index (χ2n) is 3.12. The van der Waals surface area contributed by atoms with Crippen LogP contribution in [-0.4, -0.2) is 28.3 Å². The maximum atomic E-state index is 4.18. The van der Waals surface area contributed by atoms with E-state index in [-0.39, 0.29) is 0 Å². The molecule has 1 aliphatic rings. The Morgan fingerprint density at radius 3 is 3.08 bits per heavy atom. The molecule has 1 fully saturated rings. The van der Waals surface area contributed by atoms with Gasteiger partial charge in [0.05, 0.1) is 6.20 Å². The molecule has 1 heterocycles. The molecule has 13 heavy (non-hydrogen) atoms. The summed E-state index contributed by atoms with van der Waals surface area (Å²) in [5.41, 5.74) is 0. The van der Waals surface area contributed by atoms with Crippen LogP contribution in [-0.2, 0) is 0 Å². The summed E-state index contributed by atoms with van der Waals surface area (Å²) in [5, 5.41) is 4.47. The molecule has 1 aromatic rings. The summed E-state index contributed by atoms with van der Waals surface area (Å²) in [6.45, 7) is 1.08. The minimum absolute atomic E-state index is 0.808. The second kappa shape index (κ2) is 4.58. The van der Waals surface area contributed by atoms with Gasteiger partial charge in [-0.15, -0.1) is 11.8 Å². The Labute approximate surface area is 82.4 Å². The molecule has 0 aliphatic heterocycles. The van der Waals surface area contributed by atoms with Crippen molar-refractivity contribution in [3.05, 3.63) is 18.6 Å². The van der Waals surface area contributed by atoms with Crippen LogP contribution in [0, 0.1) is 0 Å². The average Bonchev–Trinajstić information content (AvgIpc) is 2.98. The van der Waals surface area contributed by atoms with Gasteiger partial charge >= 0.3 is 0 Å². The van der Waals surface area contributed by atoms with Crippen LogP contribution in [0.3, 0.4) is 0 Å². The average molecular weight is 195 g/mol. The van der Waals surface area contributed by atoms with E-state index in [2.05, 4.69) is 15.3 Å². The van der Waals surface area contributed by atoms with E-state index in [9.17, 15) is 0 Å². The van der Waals surface area contributed by atoms with E-state index in [0.29, 0.717) is 0 Å². The first-order valence-electron chi connectivity index (χ1n) is 4.57. The fourth-order valence-corrected chi connectivity index (χ4v) is 1.77. The molecule has 0 unspecified atom stereocenters. The van der Waals surface area contributed by atoms with Gasteiger partial charge in [0.1, 0.15) is 5.03 Å². The van der Waals surface area contributed by atoms with E-state index in [0.717, 1.165) is 23.4 Å². The highest BCUT2D eigenvalue weighted by Gasteiger charge is 2.19. The number of nitrogens with one attached hydrogen (secondary N) is 1. The molecule has 1 saturated carbocycles. The number of hydrogen-bond donors (Lipinski definition) is 1. The lowest BCUT2D eigenvalue weighted by atomic mass is 10.6. The zero-order chi connectivity index (χ0) is 8.93. The molecule has 0 spiro atoms. The molecule has 0 atom stereocenters. The van der Waals surface area contributed by atoms with Gasteiger partial charge in [0.2, 0.25) is 0 Å². The molecular weight excluding hydrogens is 182 g/mol. The van der Waals surface area contributed by atoms with Crippen molar-refractivity contribution in [2.45, 2.75) is 23.9 Å². The van der Waals surface area contributed by atoms with Crippen LogP contribution in [0.5, 0.6) is 0 Å². The molecule has 0 saturated heterocycles. The molecule has 70 valence electrons. The van der Waals surface area contributed by atoms with Crippen molar-refractivity contribution in [3.8, 4) is 0 Å². The van der Waals surface area contributed by atoms with Gasteiger partial charge in [0.15, 0.2) is 0 Å². The first-order chi connectivity index (χ1) is 6.45. The van der Waals surface area contributed by atoms with E-state index in [1.54, 1.807) is 24.2 Å². The van der Waals surface area contributed by atoms with Crippen LogP contribution in [0.2, 0.25) is 0 Å². The van der Waals surface area contributed by atoms with Gasteiger partial charge in [-0.2, -0.15) is 0 Å². The van der Waals surface area contributed by atoms with Gasteiger partial charge in [-0.3, -0.25) is 4.98 Å². The summed E-state index contributed by atoms with van der Waals surface area (Å²) in [6.07, 6.45) is 7.95. The number of thioether (sulfide) groups is 1. The largest absolute Gasteiger partial charge is 0.313 e. The van der Waals surface area contributed by atoms with Gasteiger partial charge < -0.3 is 5.32 Å². The summed E-state index contributed by atoms with van der Waals surface area (Å²) in [7, 11) is 0.